The third kappa shape index (κ3) is 20.1. The quantitative estimate of drug-likeness (QED) is 0.179. The van der Waals surface area contributed by atoms with Crippen LogP contribution < -0.4 is 0 Å². The molecule has 1 unspecified atom stereocenters. The Hall–Kier alpha value is -1.21. The predicted octanol–water partition coefficient (Wildman–Crippen LogP) is 9.64. The van der Waals surface area contributed by atoms with Crippen LogP contribution in [0.3, 0.4) is 0 Å². The first-order valence-corrected chi connectivity index (χ1v) is 13.6. The average molecular weight is 430 g/mol. The molecule has 0 aromatic carbocycles. The van der Waals surface area contributed by atoms with Gasteiger partial charge in [0.2, 0.25) is 0 Å². The number of rotatable bonds is 15. The van der Waals surface area contributed by atoms with Gasteiger partial charge in [0.05, 0.1) is 0 Å². The van der Waals surface area contributed by atoms with Gasteiger partial charge in [0.25, 0.3) is 0 Å². The second kappa shape index (κ2) is 18.6. The highest BCUT2D eigenvalue weighted by molar-refractivity contribution is 7.98. The summed E-state index contributed by atoms with van der Waals surface area (Å²) in [6.45, 7) is 15.5. The summed E-state index contributed by atoms with van der Waals surface area (Å²) < 4.78 is 0. The van der Waals surface area contributed by atoms with E-state index in [4.69, 9.17) is 0 Å². The number of allylic oxidation sites excluding steroid dienone is 11. The maximum atomic E-state index is 2.44. The fourth-order valence-electron chi connectivity index (χ4n) is 3.08. The summed E-state index contributed by atoms with van der Waals surface area (Å²) in [7, 11) is 0.387. The summed E-state index contributed by atoms with van der Waals surface area (Å²) in [4.78, 5) is 0. The van der Waals surface area contributed by atoms with Crippen molar-refractivity contribution in [3.8, 4) is 0 Å². The van der Waals surface area contributed by atoms with Gasteiger partial charge in [0.1, 0.15) is 17.4 Å². The molecule has 0 heterocycles. The molecule has 1 heteroatoms. The molecule has 0 rings (SSSR count). The molecule has 0 aliphatic rings. The standard InChI is InChI=1S/C29H49S/c1-25(2)15-11-18-28(6)21-13-20-27(5)17-9-10-23-30(8)24-14-22-29(7)19-12-16-26(3)4/h10,15-17,21-23H,9,11-14,18-20,24H2,1-8H3/q+1/b23-10+,27-17+,28-21+,29-22+. The van der Waals surface area contributed by atoms with E-state index in [9.17, 15) is 0 Å². The van der Waals surface area contributed by atoms with Crippen LogP contribution in [0.2, 0.25) is 0 Å². The van der Waals surface area contributed by atoms with Crippen LogP contribution in [0.1, 0.15) is 99.8 Å². The molecule has 0 saturated heterocycles. The van der Waals surface area contributed by atoms with Gasteiger partial charge in [0, 0.05) is 17.3 Å². The highest BCUT2D eigenvalue weighted by Gasteiger charge is 2.04. The molecule has 0 aromatic rings. The van der Waals surface area contributed by atoms with Crippen molar-refractivity contribution in [2.45, 2.75) is 99.8 Å². The molecule has 0 aliphatic carbocycles. The van der Waals surface area contributed by atoms with Gasteiger partial charge in [0.15, 0.2) is 0 Å². The van der Waals surface area contributed by atoms with Gasteiger partial charge in [-0.15, -0.1) is 0 Å². The van der Waals surface area contributed by atoms with E-state index in [0.717, 1.165) is 6.42 Å². The lowest BCUT2D eigenvalue weighted by molar-refractivity contribution is 0.915. The highest BCUT2D eigenvalue weighted by Crippen LogP contribution is 2.12. The molecule has 0 radical (unpaired) electrons. The molecule has 0 bridgehead atoms. The Morgan fingerprint density at radius 1 is 0.567 bits per heavy atom. The smallest absolute Gasteiger partial charge is 0.0856 e. The SMILES string of the molecule is CC(C)=CCC/C(C)=C/CC/C(C)=C/C/C=C/[S+](C)CC/C=C(\C)CCC=C(C)C. The lowest BCUT2D eigenvalue weighted by atomic mass is 10.1. The Bertz CT molecular complexity index is 629. The molecule has 0 N–H and O–H groups in total. The Labute approximate surface area is 192 Å². The molecule has 0 spiro atoms. The number of hydrogen-bond acceptors (Lipinski definition) is 0. The van der Waals surface area contributed by atoms with Crippen LogP contribution in [-0.4, -0.2) is 12.0 Å². The van der Waals surface area contributed by atoms with Crippen molar-refractivity contribution >= 4 is 10.9 Å². The maximum absolute atomic E-state index is 2.44. The molecule has 0 fully saturated rings. The van der Waals surface area contributed by atoms with Gasteiger partial charge in [-0.2, -0.15) is 0 Å². The first-order chi connectivity index (χ1) is 14.2. The minimum atomic E-state index is 0.387. The Balaban J connectivity index is 4.05. The van der Waals surface area contributed by atoms with Gasteiger partial charge in [-0.05, 0) is 99.5 Å². The second-order valence-electron chi connectivity index (χ2n) is 9.12. The van der Waals surface area contributed by atoms with Gasteiger partial charge < -0.3 is 0 Å². The molecule has 0 aliphatic heterocycles. The maximum Gasteiger partial charge on any atom is 0.116 e. The van der Waals surface area contributed by atoms with Crippen molar-refractivity contribution in [2.24, 2.45) is 0 Å². The molecule has 1 atom stereocenters. The topological polar surface area (TPSA) is 0 Å². The van der Waals surface area contributed by atoms with Crippen LogP contribution in [0, 0.1) is 0 Å². The second-order valence-corrected chi connectivity index (χ2v) is 11.2. The molecular formula is C29H49S+. The monoisotopic (exact) mass is 429 g/mol. The third-order valence-electron chi connectivity index (χ3n) is 5.08. The largest absolute Gasteiger partial charge is 0.116 e. The first-order valence-electron chi connectivity index (χ1n) is 11.7. The summed E-state index contributed by atoms with van der Waals surface area (Å²) in [5.74, 6) is 1.27. The zero-order valence-electron chi connectivity index (χ0n) is 21.3. The summed E-state index contributed by atoms with van der Waals surface area (Å²) in [6.07, 6.45) is 26.0. The van der Waals surface area contributed by atoms with Crippen molar-refractivity contribution in [2.75, 3.05) is 12.0 Å². The first kappa shape index (κ1) is 28.8. The highest BCUT2D eigenvalue weighted by atomic mass is 32.2. The summed E-state index contributed by atoms with van der Waals surface area (Å²) >= 11 is 0. The van der Waals surface area contributed by atoms with Gasteiger partial charge >= 0.3 is 0 Å². The van der Waals surface area contributed by atoms with Crippen LogP contribution in [0.25, 0.3) is 0 Å². The van der Waals surface area contributed by atoms with Gasteiger partial charge in [-0.1, -0.05) is 58.2 Å². The lowest BCUT2D eigenvalue weighted by Crippen LogP contribution is -1.99. The van der Waals surface area contributed by atoms with E-state index in [-0.39, 0.29) is 0 Å². The van der Waals surface area contributed by atoms with Gasteiger partial charge in [-0.3, -0.25) is 0 Å². The van der Waals surface area contributed by atoms with Crippen molar-refractivity contribution in [3.05, 3.63) is 69.7 Å². The fraction of sp³-hybridized carbons (Fsp3) is 0.586. The Morgan fingerprint density at radius 2 is 1.00 bits per heavy atom. The molecular weight excluding hydrogens is 380 g/mol. The van der Waals surface area contributed by atoms with Crippen LogP contribution in [0.5, 0.6) is 0 Å². The van der Waals surface area contributed by atoms with E-state index in [2.05, 4.69) is 96.6 Å². The zero-order valence-corrected chi connectivity index (χ0v) is 22.1. The van der Waals surface area contributed by atoms with E-state index in [1.54, 1.807) is 0 Å². The average Bonchev–Trinajstić information content (AvgIpc) is 2.64. The minimum absolute atomic E-state index is 0.387. The van der Waals surface area contributed by atoms with Gasteiger partial charge in [-0.25, -0.2) is 0 Å². The molecule has 0 amide bonds. The van der Waals surface area contributed by atoms with Crippen LogP contribution >= 0.6 is 0 Å². The molecule has 30 heavy (non-hydrogen) atoms. The molecule has 170 valence electrons. The third-order valence-corrected chi connectivity index (χ3v) is 6.61. The van der Waals surface area contributed by atoms with Crippen LogP contribution in [0.4, 0.5) is 0 Å². The predicted molar refractivity (Wildman–Crippen MR) is 144 cm³/mol. The van der Waals surface area contributed by atoms with Crippen molar-refractivity contribution in [3.63, 3.8) is 0 Å². The Kier molecular flexibility index (Phi) is 17.8. The van der Waals surface area contributed by atoms with Crippen molar-refractivity contribution < 1.29 is 0 Å². The van der Waals surface area contributed by atoms with E-state index >= 15 is 0 Å². The minimum Gasteiger partial charge on any atom is -0.0856 e. The van der Waals surface area contributed by atoms with Crippen LogP contribution in [-0.2, 0) is 10.9 Å². The Morgan fingerprint density at radius 3 is 1.50 bits per heavy atom. The van der Waals surface area contributed by atoms with E-state index in [1.165, 1.54) is 78.6 Å². The van der Waals surface area contributed by atoms with Crippen LogP contribution in [0.15, 0.2) is 69.7 Å². The van der Waals surface area contributed by atoms with Crippen molar-refractivity contribution in [1.29, 1.82) is 0 Å². The van der Waals surface area contributed by atoms with E-state index in [0.29, 0.717) is 10.9 Å². The fourth-order valence-corrected chi connectivity index (χ4v) is 4.14. The number of hydrogen-bond donors (Lipinski definition) is 0. The van der Waals surface area contributed by atoms with E-state index < -0.39 is 0 Å². The van der Waals surface area contributed by atoms with Crippen molar-refractivity contribution in [1.82, 2.24) is 0 Å². The zero-order chi connectivity index (χ0) is 22.8. The lowest BCUT2D eigenvalue weighted by Gasteiger charge is -2.01. The summed E-state index contributed by atoms with van der Waals surface area (Å²) in [5.41, 5.74) is 7.42. The van der Waals surface area contributed by atoms with E-state index in [1.807, 2.05) is 0 Å². The normalized spacial score (nSPS) is 14.2. The summed E-state index contributed by atoms with van der Waals surface area (Å²) in [6, 6.07) is 0. The molecule has 0 aromatic heterocycles. The molecule has 0 saturated carbocycles. The summed E-state index contributed by atoms with van der Waals surface area (Å²) in [5, 5.41) is 2.42. The molecule has 0 nitrogen and oxygen atoms in total.